The molecule has 34 heavy (non-hydrogen) atoms. The predicted octanol–water partition coefficient (Wildman–Crippen LogP) is 5.45. The lowest BCUT2D eigenvalue weighted by molar-refractivity contribution is -0.117. The van der Waals surface area contributed by atoms with Crippen LogP contribution in [0.15, 0.2) is 46.1 Å². The maximum atomic E-state index is 13.6. The average Bonchev–Trinajstić information content (AvgIpc) is 3.54. The van der Waals surface area contributed by atoms with Crippen molar-refractivity contribution in [1.82, 2.24) is 9.97 Å². The van der Waals surface area contributed by atoms with Gasteiger partial charge in [-0.15, -0.1) is 11.3 Å². The fourth-order valence-corrected chi connectivity index (χ4v) is 5.92. The van der Waals surface area contributed by atoms with Crippen LogP contribution in [0.2, 0.25) is 0 Å². The lowest BCUT2D eigenvalue weighted by Crippen LogP contribution is -2.30. The molecule has 10 heteroatoms. The number of carbonyl (C=O) groups is 2. The van der Waals surface area contributed by atoms with Gasteiger partial charge in [0.05, 0.1) is 38.0 Å². The number of anilines is 1. The zero-order chi connectivity index (χ0) is 24.1. The van der Waals surface area contributed by atoms with Crippen LogP contribution in [0.25, 0.3) is 10.2 Å². The van der Waals surface area contributed by atoms with Crippen LogP contribution in [0, 0.1) is 20.8 Å². The Morgan fingerprint density at radius 2 is 1.97 bits per heavy atom. The first-order valence-corrected chi connectivity index (χ1v) is 12.3. The third kappa shape index (κ3) is 3.59. The molecule has 3 aromatic heterocycles. The largest absolute Gasteiger partial charge is 0.503 e. The van der Waals surface area contributed by atoms with E-state index in [1.807, 2.05) is 25.1 Å². The Bertz CT molecular complexity index is 1480. The molecule has 0 bridgehead atoms. The molecule has 4 heterocycles. The molecule has 5 rings (SSSR count). The van der Waals surface area contributed by atoms with Gasteiger partial charge in [0.2, 0.25) is 5.78 Å². The van der Waals surface area contributed by atoms with E-state index in [0.717, 1.165) is 9.71 Å². The van der Waals surface area contributed by atoms with E-state index in [1.54, 1.807) is 32.9 Å². The van der Waals surface area contributed by atoms with E-state index in [4.69, 9.17) is 9.15 Å². The number of ether oxygens (including phenoxy) is 1. The number of benzene rings is 1. The molecule has 1 unspecified atom stereocenters. The maximum Gasteiger partial charge on any atom is 0.296 e. The molecule has 1 aliphatic rings. The number of aliphatic hydroxyl groups excluding tert-OH is 1. The third-order valence-electron chi connectivity index (χ3n) is 5.46. The maximum absolute atomic E-state index is 13.6. The molecule has 0 fully saturated rings. The second-order valence-electron chi connectivity index (χ2n) is 7.82. The number of ketones is 1. The molecule has 4 aromatic rings. The molecule has 1 aromatic carbocycles. The molecule has 0 aliphatic carbocycles. The Labute approximate surface area is 203 Å². The fraction of sp³-hybridized carbons (Fsp3) is 0.250. The third-order valence-corrected chi connectivity index (χ3v) is 7.55. The number of aliphatic hydroxyl groups is 1. The van der Waals surface area contributed by atoms with E-state index in [0.29, 0.717) is 45.1 Å². The lowest BCUT2D eigenvalue weighted by Gasteiger charge is -2.22. The number of aromatic nitrogens is 2. The lowest BCUT2D eigenvalue weighted by atomic mass is 10.00. The van der Waals surface area contributed by atoms with Crippen molar-refractivity contribution in [3.63, 3.8) is 0 Å². The zero-order valence-electron chi connectivity index (χ0n) is 18.9. The Morgan fingerprint density at radius 3 is 2.62 bits per heavy atom. The molecular weight excluding hydrogens is 474 g/mol. The number of rotatable bonds is 6. The van der Waals surface area contributed by atoms with Gasteiger partial charge in [-0.25, -0.2) is 9.97 Å². The van der Waals surface area contributed by atoms with Gasteiger partial charge in [0.1, 0.15) is 23.3 Å². The highest BCUT2D eigenvalue weighted by atomic mass is 32.1. The average molecular weight is 496 g/mol. The van der Waals surface area contributed by atoms with Crippen LogP contribution in [-0.2, 0) is 4.79 Å². The SMILES string of the molecule is CCOc1ccc2nc(N3C(=O)C(O)=C(C(=O)c4sc(C)nc4C)C3c3ccc(C)o3)sc2c1. The second-order valence-corrected chi connectivity index (χ2v) is 10.0. The predicted molar refractivity (Wildman–Crippen MR) is 130 cm³/mol. The first-order valence-electron chi connectivity index (χ1n) is 10.6. The van der Waals surface area contributed by atoms with Crippen molar-refractivity contribution in [3.8, 4) is 5.75 Å². The van der Waals surface area contributed by atoms with E-state index in [1.165, 1.54) is 27.6 Å². The molecular formula is C24H21N3O5S2. The number of Topliss-reactive ketones (excluding diaryl/α,β-unsaturated/α-hetero) is 1. The van der Waals surface area contributed by atoms with E-state index in [2.05, 4.69) is 9.97 Å². The van der Waals surface area contributed by atoms with Crippen molar-refractivity contribution in [2.45, 2.75) is 33.7 Å². The molecule has 1 aliphatic heterocycles. The number of amides is 1. The minimum absolute atomic E-state index is 0.0413. The molecule has 174 valence electrons. The zero-order valence-corrected chi connectivity index (χ0v) is 20.5. The molecule has 0 spiro atoms. The van der Waals surface area contributed by atoms with Crippen LogP contribution in [0.1, 0.15) is 44.9 Å². The Balaban J connectivity index is 1.64. The Kier molecular flexibility index (Phi) is 5.49. The first-order chi connectivity index (χ1) is 16.3. The van der Waals surface area contributed by atoms with Crippen molar-refractivity contribution < 1.29 is 23.8 Å². The Hall–Kier alpha value is -3.50. The minimum atomic E-state index is -0.956. The van der Waals surface area contributed by atoms with Gasteiger partial charge in [0.25, 0.3) is 5.91 Å². The van der Waals surface area contributed by atoms with Crippen LogP contribution in [0.4, 0.5) is 5.13 Å². The molecule has 1 atom stereocenters. The van der Waals surface area contributed by atoms with Crippen molar-refractivity contribution in [3.05, 3.63) is 68.8 Å². The van der Waals surface area contributed by atoms with Crippen LogP contribution < -0.4 is 9.64 Å². The number of fused-ring (bicyclic) bond motifs is 1. The highest BCUT2D eigenvalue weighted by Crippen LogP contribution is 2.45. The molecule has 1 N–H and O–H groups in total. The van der Waals surface area contributed by atoms with Crippen molar-refractivity contribution in [2.24, 2.45) is 0 Å². The number of hydrogen-bond acceptors (Lipinski definition) is 9. The fourth-order valence-electron chi connectivity index (χ4n) is 4.02. The van der Waals surface area contributed by atoms with Gasteiger partial charge < -0.3 is 14.3 Å². The molecule has 8 nitrogen and oxygen atoms in total. The van der Waals surface area contributed by atoms with Crippen LogP contribution in [0.5, 0.6) is 5.75 Å². The number of hydrogen-bond donors (Lipinski definition) is 1. The van der Waals surface area contributed by atoms with Gasteiger partial charge in [0, 0.05) is 0 Å². The van der Waals surface area contributed by atoms with Crippen LogP contribution >= 0.6 is 22.7 Å². The van der Waals surface area contributed by atoms with E-state index in [-0.39, 0.29) is 5.57 Å². The van der Waals surface area contributed by atoms with E-state index < -0.39 is 23.5 Å². The summed E-state index contributed by atoms with van der Waals surface area (Å²) >= 11 is 2.50. The normalized spacial score (nSPS) is 16.2. The summed E-state index contributed by atoms with van der Waals surface area (Å²) < 4.78 is 12.2. The van der Waals surface area contributed by atoms with Crippen molar-refractivity contribution >= 4 is 49.7 Å². The van der Waals surface area contributed by atoms with Gasteiger partial charge in [-0.05, 0) is 58.0 Å². The molecule has 0 saturated carbocycles. The number of nitrogens with zero attached hydrogens (tertiary/aromatic N) is 3. The minimum Gasteiger partial charge on any atom is -0.503 e. The summed E-state index contributed by atoms with van der Waals surface area (Å²) in [6, 6.07) is 7.99. The number of thiazole rings is 2. The van der Waals surface area contributed by atoms with Gasteiger partial charge >= 0.3 is 0 Å². The highest BCUT2D eigenvalue weighted by Gasteiger charge is 2.48. The summed E-state index contributed by atoms with van der Waals surface area (Å²) in [4.78, 5) is 37.6. The quantitative estimate of drug-likeness (QED) is 0.354. The number of aryl methyl sites for hydroxylation is 3. The summed E-state index contributed by atoms with van der Waals surface area (Å²) in [6.45, 7) is 7.75. The topological polar surface area (TPSA) is 106 Å². The summed E-state index contributed by atoms with van der Waals surface area (Å²) in [7, 11) is 0. The van der Waals surface area contributed by atoms with E-state index in [9.17, 15) is 14.7 Å². The van der Waals surface area contributed by atoms with Gasteiger partial charge in [0.15, 0.2) is 10.9 Å². The summed E-state index contributed by atoms with van der Waals surface area (Å²) in [5.41, 5.74) is 1.19. The summed E-state index contributed by atoms with van der Waals surface area (Å²) in [6.07, 6.45) is 0. The number of carbonyl (C=O) groups excluding carboxylic acids is 2. The van der Waals surface area contributed by atoms with Crippen molar-refractivity contribution in [1.29, 1.82) is 0 Å². The highest BCUT2D eigenvalue weighted by molar-refractivity contribution is 7.22. The van der Waals surface area contributed by atoms with Crippen LogP contribution in [-0.4, -0.2) is 33.4 Å². The molecule has 0 radical (unpaired) electrons. The van der Waals surface area contributed by atoms with Gasteiger partial charge in [-0.2, -0.15) is 0 Å². The standard InChI is InChI=1S/C24H21N3O5S2/c1-5-31-14-7-8-15-17(10-14)34-24(26-15)27-19(16-9-6-11(2)32-16)18(21(29)23(27)30)20(28)22-12(3)25-13(4)33-22/h6-10,19,29H,5H2,1-4H3. The van der Waals surface area contributed by atoms with E-state index >= 15 is 0 Å². The Morgan fingerprint density at radius 1 is 1.18 bits per heavy atom. The summed E-state index contributed by atoms with van der Waals surface area (Å²) in [5, 5.41) is 12.0. The monoisotopic (exact) mass is 495 g/mol. The van der Waals surface area contributed by atoms with Crippen LogP contribution in [0.3, 0.4) is 0 Å². The van der Waals surface area contributed by atoms with Gasteiger partial charge in [-0.3, -0.25) is 14.5 Å². The van der Waals surface area contributed by atoms with Gasteiger partial charge in [-0.1, -0.05) is 11.3 Å². The smallest absolute Gasteiger partial charge is 0.296 e. The summed E-state index contributed by atoms with van der Waals surface area (Å²) in [5.74, 6) is -0.0732. The number of furan rings is 1. The molecule has 0 saturated heterocycles. The second kappa shape index (κ2) is 8.37. The molecule has 1 amide bonds. The van der Waals surface area contributed by atoms with Crippen molar-refractivity contribution in [2.75, 3.05) is 11.5 Å². The first kappa shape index (κ1) is 22.3.